The summed E-state index contributed by atoms with van der Waals surface area (Å²) in [4.78, 5) is 7.27. The largest absolute Gasteiger partial charge is 0.451 e. The van der Waals surface area contributed by atoms with Gasteiger partial charge >= 0.3 is 0 Å². The fraction of sp³-hybridized carbons (Fsp3) is 0.476. The summed E-state index contributed by atoms with van der Waals surface area (Å²) in [5.74, 6) is 0. The van der Waals surface area contributed by atoms with E-state index in [0.29, 0.717) is 10.9 Å². The number of morpholine rings is 1. The predicted molar refractivity (Wildman–Crippen MR) is 123 cm³/mol. The second kappa shape index (κ2) is 8.50. The van der Waals surface area contributed by atoms with Crippen molar-refractivity contribution in [1.29, 1.82) is 0 Å². The Bertz CT molecular complexity index is 1070. The molecule has 2 atom stereocenters. The quantitative estimate of drug-likeness (QED) is 0.705. The van der Waals surface area contributed by atoms with Gasteiger partial charge in [0.15, 0.2) is 0 Å². The number of furan rings is 1. The van der Waals surface area contributed by atoms with Crippen molar-refractivity contribution >= 4 is 38.2 Å². The number of hydrogen-bond donors (Lipinski definition) is 1. The van der Waals surface area contributed by atoms with Gasteiger partial charge in [0.05, 0.1) is 48.5 Å². The van der Waals surface area contributed by atoms with E-state index in [1.807, 2.05) is 30.0 Å². The summed E-state index contributed by atoms with van der Waals surface area (Å²) in [7, 11) is -2.20. The van der Waals surface area contributed by atoms with Gasteiger partial charge < -0.3 is 14.5 Å². The molecule has 1 N–H and O–H groups in total. The minimum Gasteiger partial charge on any atom is -0.451 e. The van der Waals surface area contributed by atoms with Crippen LogP contribution in [0.4, 0.5) is 11.4 Å². The van der Waals surface area contributed by atoms with Gasteiger partial charge in [0, 0.05) is 38.4 Å². The highest BCUT2D eigenvalue weighted by Crippen LogP contribution is 2.39. The summed E-state index contributed by atoms with van der Waals surface area (Å²) in [5, 5.41) is 5.05. The topological polar surface area (TPSA) is 87.4 Å². The van der Waals surface area contributed by atoms with Crippen LogP contribution < -0.4 is 9.62 Å². The number of sulfonamides is 1. The lowest BCUT2D eigenvalue weighted by Gasteiger charge is -2.28. The Morgan fingerprint density at radius 2 is 2.10 bits per heavy atom. The molecule has 0 spiro atoms. The van der Waals surface area contributed by atoms with Gasteiger partial charge in [-0.05, 0) is 23.8 Å². The van der Waals surface area contributed by atoms with E-state index in [1.165, 1.54) is 16.6 Å². The molecule has 1 aromatic heterocycles. The third-order valence-corrected chi connectivity index (χ3v) is 8.87. The molecule has 10 heteroatoms. The van der Waals surface area contributed by atoms with E-state index in [1.54, 1.807) is 13.1 Å². The number of aliphatic imine (C=N–C) groups is 1. The first kappa shape index (κ1) is 20.9. The van der Waals surface area contributed by atoms with Gasteiger partial charge in [0.1, 0.15) is 0 Å². The monoisotopic (exact) mass is 462 g/mol. The highest BCUT2D eigenvalue weighted by Gasteiger charge is 2.34. The standard InChI is InChI=1S/C21H26N4O4S2/c1-24(31(26,27)19-6-3-9-29-19)18-5-2-4-15-12-17(23-20(15)18)21-22-13-16(30-21)14-25-7-10-28-11-8-25/h2-6,9,16-17,23H,7-8,10-14H2,1H3. The molecule has 5 rings (SSSR count). The molecule has 2 unspecified atom stereocenters. The van der Waals surface area contributed by atoms with Crippen LogP contribution >= 0.6 is 11.8 Å². The van der Waals surface area contributed by atoms with Crippen LogP contribution in [0.25, 0.3) is 0 Å². The molecule has 166 valence electrons. The Morgan fingerprint density at radius 1 is 1.26 bits per heavy atom. The molecule has 8 nitrogen and oxygen atoms in total. The molecule has 4 heterocycles. The van der Waals surface area contributed by atoms with E-state index in [-0.39, 0.29) is 11.1 Å². The van der Waals surface area contributed by atoms with E-state index in [2.05, 4.69) is 10.2 Å². The second-order valence-electron chi connectivity index (χ2n) is 7.95. The summed E-state index contributed by atoms with van der Waals surface area (Å²) in [6, 6.07) is 8.88. The maximum absolute atomic E-state index is 12.9. The molecular weight excluding hydrogens is 436 g/mol. The van der Waals surface area contributed by atoms with Crippen molar-refractivity contribution in [2.24, 2.45) is 4.99 Å². The van der Waals surface area contributed by atoms with Crippen LogP contribution in [0.2, 0.25) is 0 Å². The summed E-state index contributed by atoms with van der Waals surface area (Å²) < 4.78 is 37.7. The minimum atomic E-state index is -3.76. The highest BCUT2D eigenvalue weighted by molar-refractivity contribution is 8.15. The summed E-state index contributed by atoms with van der Waals surface area (Å²) >= 11 is 1.85. The number of ether oxygens (including phenoxy) is 1. The molecule has 2 aromatic rings. The van der Waals surface area contributed by atoms with Crippen molar-refractivity contribution in [2.45, 2.75) is 22.8 Å². The maximum Gasteiger partial charge on any atom is 0.297 e. The first-order valence-electron chi connectivity index (χ1n) is 10.4. The zero-order chi connectivity index (χ0) is 21.4. The number of benzene rings is 1. The summed E-state index contributed by atoms with van der Waals surface area (Å²) in [5.41, 5.74) is 2.57. The fourth-order valence-corrected chi connectivity index (χ4v) is 6.59. The average molecular weight is 463 g/mol. The zero-order valence-corrected chi connectivity index (χ0v) is 19.0. The maximum atomic E-state index is 12.9. The van der Waals surface area contributed by atoms with Gasteiger partial charge in [-0.25, -0.2) is 0 Å². The zero-order valence-electron chi connectivity index (χ0n) is 17.4. The Morgan fingerprint density at radius 3 is 2.87 bits per heavy atom. The smallest absolute Gasteiger partial charge is 0.297 e. The van der Waals surface area contributed by atoms with Crippen molar-refractivity contribution in [2.75, 3.05) is 56.1 Å². The number of fused-ring (bicyclic) bond motifs is 1. The second-order valence-corrected chi connectivity index (χ2v) is 11.2. The van der Waals surface area contributed by atoms with E-state index in [9.17, 15) is 8.42 Å². The Labute approximate surface area is 186 Å². The van der Waals surface area contributed by atoms with E-state index in [0.717, 1.165) is 62.1 Å². The lowest BCUT2D eigenvalue weighted by molar-refractivity contribution is 0.0385. The Balaban J connectivity index is 1.28. The van der Waals surface area contributed by atoms with Crippen LogP contribution in [0.5, 0.6) is 0 Å². The van der Waals surface area contributed by atoms with Gasteiger partial charge in [0.25, 0.3) is 10.0 Å². The Kier molecular flexibility index (Phi) is 5.72. The summed E-state index contributed by atoms with van der Waals surface area (Å²) in [6.45, 7) is 5.43. The van der Waals surface area contributed by atoms with E-state index >= 15 is 0 Å². The van der Waals surface area contributed by atoms with E-state index in [4.69, 9.17) is 14.1 Å². The number of hydrogen-bond acceptors (Lipinski definition) is 8. The molecule has 1 fully saturated rings. The lowest BCUT2D eigenvalue weighted by Crippen LogP contribution is -2.40. The van der Waals surface area contributed by atoms with Gasteiger partial charge in [0.2, 0.25) is 5.09 Å². The first-order valence-corrected chi connectivity index (χ1v) is 12.8. The third kappa shape index (κ3) is 4.09. The van der Waals surface area contributed by atoms with E-state index < -0.39 is 10.0 Å². The number of nitrogens with one attached hydrogen (secondary N) is 1. The van der Waals surface area contributed by atoms with Crippen molar-refractivity contribution < 1.29 is 17.6 Å². The molecule has 3 aliphatic rings. The van der Waals surface area contributed by atoms with Gasteiger partial charge in [-0.2, -0.15) is 8.42 Å². The van der Waals surface area contributed by atoms with Crippen LogP contribution in [0.3, 0.4) is 0 Å². The van der Waals surface area contributed by atoms with Crippen LogP contribution in [-0.4, -0.2) is 76.1 Å². The highest BCUT2D eigenvalue weighted by atomic mass is 32.2. The Hall–Kier alpha value is -2.01. The van der Waals surface area contributed by atoms with Crippen molar-refractivity contribution in [1.82, 2.24) is 4.90 Å². The van der Waals surface area contributed by atoms with Gasteiger partial charge in [-0.15, -0.1) is 11.8 Å². The van der Waals surface area contributed by atoms with Crippen LogP contribution in [0, 0.1) is 0 Å². The normalized spacial score (nSPS) is 24.0. The van der Waals surface area contributed by atoms with Crippen molar-refractivity contribution in [3.63, 3.8) is 0 Å². The summed E-state index contributed by atoms with van der Waals surface area (Å²) in [6.07, 6.45) is 2.17. The van der Waals surface area contributed by atoms with Crippen molar-refractivity contribution in [3.8, 4) is 0 Å². The lowest BCUT2D eigenvalue weighted by atomic mass is 10.1. The molecule has 1 saturated heterocycles. The average Bonchev–Trinajstić information content (AvgIpc) is 3.53. The number of para-hydroxylation sites is 1. The number of anilines is 2. The molecule has 3 aliphatic heterocycles. The number of thioether (sulfide) groups is 1. The minimum absolute atomic E-state index is 0.0659. The predicted octanol–water partition coefficient (Wildman–Crippen LogP) is 2.29. The molecular formula is C21H26N4O4S2. The van der Waals surface area contributed by atoms with Gasteiger partial charge in [-0.3, -0.25) is 14.2 Å². The van der Waals surface area contributed by atoms with Crippen LogP contribution in [0.1, 0.15) is 5.56 Å². The number of nitrogens with zero attached hydrogens (tertiary/aromatic N) is 3. The fourth-order valence-electron chi connectivity index (χ4n) is 4.25. The van der Waals surface area contributed by atoms with Crippen molar-refractivity contribution in [3.05, 3.63) is 42.2 Å². The first-order chi connectivity index (χ1) is 15.0. The number of rotatable bonds is 6. The molecule has 0 bridgehead atoms. The molecule has 31 heavy (non-hydrogen) atoms. The molecule has 1 aromatic carbocycles. The molecule has 0 saturated carbocycles. The molecule has 0 radical (unpaired) electrons. The SMILES string of the molecule is CN(c1cccc2c1NC(C1=NCC(CN3CCOCC3)S1)C2)S(=O)(=O)c1ccco1. The molecule has 0 amide bonds. The molecule has 0 aliphatic carbocycles. The third-order valence-electron chi connectivity index (χ3n) is 5.92. The van der Waals surface area contributed by atoms with Crippen LogP contribution in [0.15, 0.2) is 51.1 Å². The van der Waals surface area contributed by atoms with Crippen LogP contribution in [-0.2, 0) is 21.2 Å². The van der Waals surface area contributed by atoms with Gasteiger partial charge in [-0.1, -0.05) is 12.1 Å².